The molecular formula is C13H12Br2N2O2. The van der Waals surface area contributed by atoms with Gasteiger partial charge in [-0.2, -0.15) is 0 Å². The monoisotopic (exact) mass is 386 g/mol. The molecule has 0 radical (unpaired) electrons. The predicted molar refractivity (Wildman–Crippen MR) is 81.4 cm³/mol. The van der Waals surface area contributed by atoms with Crippen molar-refractivity contribution in [3.63, 3.8) is 0 Å². The van der Waals surface area contributed by atoms with Gasteiger partial charge < -0.3 is 15.2 Å². The molecule has 19 heavy (non-hydrogen) atoms. The van der Waals surface area contributed by atoms with Crippen LogP contribution in [-0.4, -0.2) is 12.1 Å². The number of nitrogens with two attached hydrogens (primary N) is 1. The van der Waals surface area contributed by atoms with Crippen LogP contribution in [-0.2, 0) is 6.61 Å². The summed E-state index contributed by atoms with van der Waals surface area (Å²) < 4.78 is 12.6. The van der Waals surface area contributed by atoms with E-state index in [2.05, 4.69) is 36.8 Å². The third-order valence-corrected chi connectivity index (χ3v) is 3.69. The fraction of sp³-hybridized carbons (Fsp3) is 0.154. The minimum atomic E-state index is 0.421. The maximum Gasteiger partial charge on any atom is 0.135 e. The SMILES string of the molecule is COc1cc(Br)c(OCc2ccc(N)nc2)cc1Br. The number of rotatable bonds is 4. The van der Waals surface area contributed by atoms with Crippen molar-refractivity contribution in [3.8, 4) is 11.5 Å². The van der Waals surface area contributed by atoms with Crippen LogP contribution in [0.5, 0.6) is 11.5 Å². The largest absolute Gasteiger partial charge is 0.496 e. The second-order valence-electron chi connectivity index (χ2n) is 3.80. The number of aromatic nitrogens is 1. The number of hydrogen-bond acceptors (Lipinski definition) is 4. The molecule has 0 saturated carbocycles. The van der Waals surface area contributed by atoms with Crippen molar-refractivity contribution in [2.75, 3.05) is 12.8 Å². The molecule has 6 heteroatoms. The first-order valence-electron chi connectivity index (χ1n) is 5.46. The normalized spacial score (nSPS) is 10.3. The Morgan fingerprint density at radius 3 is 2.47 bits per heavy atom. The van der Waals surface area contributed by atoms with Crippen LogP contribution < -0.4 is 15.2 Å². The standard InChI is InChI=1S/C13H12Br2N2O2/c1-18-11-4-10(15)12(5-9(11)14)19-7-8-2-3-13(16)17-6-8/h2-6H,7H2,1H3,(H2,16,17). The molecule has 1 aromatic carbocycles. The van der Waals surface area contributed by atoms with Crippen molar-refractivity contribution in [2.24, 2.45) is 0 Å². The molecule has 0 atom stereocenters. The van der Waals surface area contributed by atoms with Gasteiger partial charge in [0.15, 0.2) is 0 Å². The topological polar surface area (TPSA) is 57.4 Å². The van der Waals surface area contributed by atoms with Gasteiger partial charge in [-0.3, -0.25) is 0 Å². The molecule has 0 bridgehead atoms. The van der Waals surface area contributed by atoms with Crippen molar-refractivity contribution < 1.29 is 9.47 Å². The number of ether oxygens (including phenoxy) is 2. The lowest BCUT2D eigenvalue weighted by molar-refractivity contribution is 0.302. The van der Waals surface area contributed by atoms with E-state index in [-0.39, 0.29) is 0 Å². The number of anilines is 1. The summed E-state index contributed by atoms with van der Waals surface area (Å²) in [6.07, 6.45) is 1.70. The van der Waals surface area contributed by atoms with E-state index in [9.17, 15) is 0 Å². The molecular weight excluding hydrogens is 376 g/mol. The van der Waals surface area contributed by atoms with Crippen LogP contribution in [0.25, 0.3) is 0 Å². The van der Waals surface area contributed by atoms with E-state index in [4.69, 9.17) is 15.2 Å². The molecule has 2 N–H and O–H groups in total. The molecule has 0 spiro atoms. The lowest BCUT2D eigenvalue weighted by Gasteiger charge is -2.11. The highest BCUT2D eigenvalue weighted by molar-refractivity contribution is 9.11. The highest BCUT2D eigenvalue weighted by Gasteiger charge is 2.08. The smallest absolute Gasteiger partial charge is 0.135 e. The summed E-state index contributed by atoms with van der Waals surface area (Å²) >= 11 is 6.87. The summed E-state index contributed by atoms with van der Waals surface area (Å²) in [5, 5.41) is 0. The molecule has 0 fully saturated rings. The first-order chi connectivity index (χ1) is 9.10. The third-order valence-electron chi connectivity index (χ3n) is 2.45. The fourth-order valence-corrected chi connectivity index (χ4v) is 2.38. The number of nitrogen functional groups attached to an aromatic ring is 1. The number of halogens is 2. The molecule has 0 aliphatic carbocycles. The van der Waals surface area contributed by atoms with Gasteiger partial charge in [0.05, 0.1) is 16.1 Å². The molecule has 1 heterocycles. The van der Waals surface area contributed by atoms with Crippen molar-refractivity contribution in [2.45, 2.75) is 6.61 Å². The maximum atomic E-state index is 5.73. The Kier molecular flexibility index (Phi) is 4.66. The van der Waals surface area contributed by atoms with Gasteiger partial charge in [-0.25, -0.2) is 4.98 Å². The van der Waals surface area contributed by atoms with Crippen LogP contribution in [0, 0.1) is 0 Å². The Bertz CT molecular complexity index is 574. The first-order valence-corrected chi connectivity index (χ1v) is 7.05. The van der Waals surface area contributed by atoms with Crippen LogP contribution in [0.3, 0.4) is 0 Å². The summed E-state index contributed by atoms with van der Waals surface area (Å²) in [5.41, 5.74) is 6.48. The van der Waals surface area contributed by atoms with Crippen LogP contribution in [0.2, 0.25) is 0 Å². The van der Waals surface area contributed by atoms with Crippen molar-refractivity contribution >= 4 is 37.7 Å². The van der Waals surface area contributed by atoms with Gasteiger partial charge in [-0.15, -0.1) is 0 Å². The minimum Gasteiger partial charge on any atom is -0.496 e. The lowest BCUT2D eigenvalue weighted by atomic mass is 10.3. The molecule has 2 rings (SSSR count). The van der Waals surface area contributed by atoms with Crippen LogP contribution in [0.4, 0.5) is 5.82 Å². The van der Waals surface area contributed by atoms with E-state index in [1.54, 1.807) is 19.4 Å². The Hall–Kier alpha value is -1.27. The number of benzene rings is 1. The number of pyridine rings is 1. The molecule has 4 nitrogen and oxygen atoms in total. The predicted octanol–water partition coefficient (Wildman–Crippen LogP) is 3.78. The Labute approximate surface area is 128 Å². The highest BCUT2D eigenvalue weighted by Crippen LogP contribution is 2.36. The van der Waals surface area contributed by atoms with Crippen molar-refractivity contribution in [1.29, 1.82) is 0 Å². The van der Waals surface area contributed by atoms with Crippen molar-refractivity contribution in [1.82, 2.24) is 4.98 Å². The summed E-state index contributed by atoms with van der Waals surface area (Å²) in [5.74, 6) is 1.97. The third kappa shape index (κ3) is 3.61. The van der Waals surface area contributed by atoms with Gasteiger partial charge in [-0.1, -0.05) is 6.07 Å². The van der Waals surface area contributed by atoms with Crippen LogP contribution >= 0.6 is 31.9 Å². The minimum absolute atomic E-state index is 0.421. The molecule has 0 aliphatic heterocycles. The molecule has 0 aliphatic rings. The second kappa shape index (κ2) is 6.25. The Morgan fingerprint density at radius 1 is 1.16 bits per heavy atom. The van der Waals surface area contributed by atoms with E-state index in [1.165, 1.54) is 0 Å². The zero-order valence-electron chi connectivity index (χ0n) is 10.2. The zero-order valence-corrected chi connectivity index (χ0v) is 13.4. The summed E-state index contributed by atoms with van der Waals surface area (Å²) in [6.45, 7) is 0.421. The van der Waals surface area contributed by atoms with Gasteiger partial charge in [0.2, 0.25) is 0 Å². The van der Waals surface area contributed by atoms with E-state index in [0.717, 1.165) is 26.0 Å². The lowest BCUT2D eigenvalue weighted by Crippen LogP contribution is -1.98. The second-order valence-corrected chi connectivity index (χ2v) is 5.51. The highest BCUT2D eigenvalue weighted by atomic mass is 79.9. The quantitative estimate of drug-likeness (QED) is 0.867. The summed E-state index contributed by atoms with van der Waals surface area (Å²) in [4.78, 5) is 4.02. The summed E-state index contributed by atoms with van der Waals surface area (Å²) in [7, 11) is 1.62. The number of nitrogens with zero attached hydrogens (tertiary/aromatic N) is 1. The van der Waals surface area contributed by atoms with Gasteiger partial charge in [0, 0.05) is 11.8 Å². The van der Waals surface area contributed by atoms with Gasteiger partial charge in [-0.05, 0) is 50.1 Å². The van der Waals surface area contributed by atoms with E-state index in [1.807, 2.05) is 18.2 Å². The van der Waals surface area contributed by atoms with Gasteiger partial charge in [0.1, 0.15) is 23.9 Å². The van der Waals surface area contributed by atoms with E-state index < -0.39 is 0 Å². The van der Waals surface area contributed by atoms with Crippen LogP contribution in [0.1, 0.15) is 5.56 Å². The zero-order chi connectivity index (χ0) is 13.8. The van der Waals surface area contributed by atoms with Gasteiger partial charge in [0.25, 0.3) is 0 Å². The Balaban J connectivity index is 2.11. The average Bonchev–Trinajstić information content (AvgIpc) is 2.41. The molecule has 1 aromatic heterocycles. The molecule has 100 valence electrons. The average molecular weight is 388 g/mol. The molecule has 0 unspecified atom stereocenters. The first kappa shape index (κ1) is 14.1. The molecule has 0 amide bonds. The maximum absolute atomic E-state index is 5.73. The van der Waals surface area contributed by atoms with Crippen LogP contribution in [0.15, 0.2) is 39.4 Å². The molecule has 2 aromatic rings. The summed E-state index contributed by atoms with van der Waals surface area (Å²) in [6, 6.07) is 7.33. The van der Waals surface area contributed by atoms with E-state index in [0.29, 0.717) is 12.4 Å². The fourth-order valence-electron chi connectivity index (χ4n) is 1.46. The van der Waals surface area contributed by atoms with E-state index >= 15 is 0 Å². The van der Waals surface area contributed by atoms with Gasteiger partial charge >= 0.3 is 0 Å². The van der Waals surface area contributed by atoms with Crippen molar-refractivity contribution in [3.05, 3.63) is 45.0 Å². The number of hydrogen-bond donors (Lipinski definition) is 1. The Morgan fingerprint density at radius 2 is 1.84 bits per heavy atom. The number of methoxy groups -OCH3 is 1. The molecule has 0 saturated heterocycles.